The summed E-state index contributed by atoms with van der Waals surface area (Å²) >= 11 is 0. The summed E-state index contributed by atoms with van der Waals surface area (Å²) in [5, 5.41) is 7.09. The number of likely N-dealkylation sites (tertiary alicyclic amines) is 1. The molecule has 3 atom stereocenters. The molecule has 6 heteroatoms. The minimum absolute atomic E-state index is 0. The van der Waals surface area contributed by atoms with Crippen molar-refractivity contribution in [2.75, 3.05) is 39.4 Å². The van der Waals surface area contributed by atoms with Crippen LogP contribution in [-0.2, 0) is 4.74 Å². The Kier molecular flexibility index (Phi) is 6.98. The lowest BCUT2D eigenvalue weighted by molar-refractivity contribution is 0.163. The zero-order chi connectivity index (χ0) is 15.6. The quantitative estimate of drug-likeness (QED) is 0.394. The molecule has 0 bridgehead atoms. The number of hydrogen-bond donors (Lipinski definition) is 2. The highest BCUT2D eigenvalue weighted by molar-refractivity contribution is 14.0. The van der Waals surface area contributed by atoms with Crippen LogP contribution in [0.5, 0.6) is 0 Å². The maximum Gasteiger partial charge on any atom is 0.191 e. The molecule has 0 spiro atoms. The van der Waals surface area contributed by atoms with Crippen LogP contribution in [0.25, 0.3) is 0 Å². The van der Waals surface area contributed by atoms with Crippen molar-refractivity contribution in [3.05, 3.63) is 0 Å². The molecule has 0 aromatic heterocycles. The predicted molar refractivity (Wildman–Crippen MR) is 106 cm³/mol. The molecule has 3 fully saturated rings. The first-order valence-electron chi connectivity index (χ1n) is 8.96. The standard InChI is InChI=1S/C17H32N4O.HI/c1-4-18-16(19-11-17(3)7-8-22-12-17)20-15-10-21(9-13(15)2)14-5-6-14;/h13-15H,4-12H2,1-3H3,(H2,18,19,20);1H. The summed E-state index contributed by atoms with van der Waals surface area (Å²) in [6.07, 6.45) is 3.91. The lowest BCUT2D eigenvalue weighted by atomic mass is 9.90. The number of ether oxygens (including phenoxy) is 1. The van der Waals surface area contributed by atoms with E-state index in [0.717, 1.165) is 51.3 Å². The van der Waals surface area contributed by atoms with E-state index in [-0.39, 0.29) is 29.4 Å². The van der Waals surface area contributed by atoms with Crippen LogP contribution in [0.4, 0.5) is 0 Å². The van der Waals surface area contributed by atoms with Crippen molar-refractivity contribution in [3.63, 3.8) is 0 Å². The van der Waals surface area contributed by atoms with Crippen LogP contribution in [0.3, 0.4) is 0 Å². The molecule has 3 aliphatic rings. The fraction of sp³-hybridized carbons (Fsp3) is 0.941. The normalized spacial score (nSPS) is 35.2. The van der Waals surface area contributed by atoms with Crippen molar-refractivity contribution in [1.82, 2.24) is 15.5 Å². The summed E-state index contributed by atoms with van der Waals surface area (Å²) in [5.41, 5.74) is 0.212. The van der Waals surface area contributed by atoms with E-state index in [2.05, 4.69) is 36.3 Å². The second-order valence-corrected chi connectivity index (χ2v) is 7.72. The van der Waals surface area contributed by atoms with Gasteiger partial charge in [0.1, 0.15) is 0 Å². The molecule has 0 amide bonds. The monoisotopic (exact) mass is 436 g/mol. The molecular formula is C17H33IN4O. The maximum atomic E-state index is 5.53. The first-order valence-corrected chi connectivity index (χ1v) is 8.96. The molecule has 2 saturated heterocycles. The third-order valence-electron chi connectivity index (χ3n) is 5.29. The Bertz CT molecular complexity index is 407. The minimum Gasteiger partial charge on any atom is -0.381 e. The second kappa shape index (κ2) is 8.34. The Balaban J connectivity index is 0.00000192. The van der Waals surface area contributed by atoms with Gasteiger partial charge >= 0.3 is 0 Å². The van der Waals surface area contributed by atoms with Crippen molar-refractivity contribution >= 4 is 29.9 Å². The van der Waals surface area contributed by atoms with Gasteiger partial charge in [-0.2, -0.15) is 0 Å². The Morgan fingerprint density at radius 3 is 2.74 bits per heavy atom. The number of rotatable bonds is 5. The van der Waals surface area contributed by atoms with E-state index in [4.69, 9.17) is 9.73 Å². The fourth-order valence-corrected chi connectivity index (χ4v) is 3.53. The Morgan fingerprint density at radius 1 is 1.35 bits per heavy atom. The highest BCUT2D eigenvalue weighted by Crippen LogP contribution is 2.32. The van der Waals surface area contributed by atoms with Crippen molar-refractivity contribution in [2.24, 2.45) is 16.3 Å². The Hall–Kier alpha value is -0.0800. The van der Waals surface area contributed by atoms with Crippen LogP contribution in [0.2, 0.25) is 0 Å². The van der Waals surface area contributed by atoms with E-state index < -0.39 is 0 Å². The van der Waals surface area contributed by atoms with Gasteiger partial charge in [0.05, 0.1) is 13.2 Å². The highest BCUT2D eigenvalue weighted by Gasteiger charge is 2.38. The van der Waals surface area contributed by atoms with Crippen LogP contribution >= 0.6 is 24.0 Å². The molecular weight excluding hydrogens is 403 g/mol. The van der Waals surface area contributed by atoms with E-state index in [1.54, 1.807) is 0 Å². The highest BCUT2D eigenvalue weighted by atomic mass is 127. The van der Waals surface area contributed by atoms with Crippen molar-refractivity contribution in [3.8, 4) is 0 Å². The van der Waals surface area contributed by atoms with Crippen LogP contribution in [0.15, 0.2) is 4.99 Å². The molecule has 3 unspecified atom stereocenters. The van der Waals surface area contributed by atoms with Gasteiger partial charge in [-0.1, -0.05) is 13.8 Å². The zero-order valence-corrected chi connectivity index (χ0v) is 17.1. The van der Waals surface area contributed by atoms with E-state index in [0.29, 0.717) is 12.0 Å². The number of halogens is 1. The van der Waals surface area contributed by atoms with Crippen LogP contribution < -0.4 is 10.6 Å². The smallest absolute Gasteiger partial charge is 0.191 e. The van der Waals surface area contributed by atoms with E-state index in [9.17, 15) is 0 Å². The van der Waals surface area contributed by atoms with Crippen molar-refractivity contribution in [1.29, 1.82) is 0 Å². The molecule has 2 aliphatic heterocycles. The lowest BCUT2D eigenvalue weighted by Gasteiger charge is -2.23. The minimum atomic E-state index is 0. The molecule has 3 rings (SSSR count). The summed E-state index contributed by atoms with van der Waals surface area (Å²) in [6.45, 7) is 12.6. The van der Waals surface area contributed by atoms with Gasteiger partial charge in [0.25, 0.3) is 0 Å². The molecule has 23 heavy (non-hydrogen) atoms. The number of guanidine groups is 1. The van der Waals surface area contributed by atoms with E-state index in [1.807, 2.05) is 0 Å². The fourth-order valence-electron chi connectivity index (χ4n) is 3.53. The second-order valence-electron chi connectivity index (χ2n) is 7.72. The first-order chi connectivity index (χ1) is 10.6. The van der Waals surface area contributed by atoms with Gasteiger partial charge in [0.2, 0.25) is 0 Å². The van der Waals surface area contributed by atoms with Gasteiger partial charge in [-0.15, -0.1) is 24.0 Å². The lowest BCUT2D eigenvalue weighted by Crippen LogP contribution is -2.47. The summed E-state index contributed by atoms with van der Waals surface area (Å²) in [7, 11) is 0. The topological polar surface area (TPSA) is 48.9 Å². The molecule has 2 heterocycles. The maximum absolute atomic E-state index is 5.53. The van der Waals surface area contributed by atoms with Gasteiger partial charge in [-0.3, -0.25) is 9.89 Å². The Labute approximate surface area is 158 Å². The molecule has 1 saturated carbocycles. The predicted octanol–water partition coefficient (Wildman–Crippen LogP) is 2.07. The SMILES string of the molecule is CCNC(=NCC1(C)CCOC1)NC1CN(C2CC2)CC1C.I. The molecule has 0 radical (unpaired) electrons. The average Bonchev–Trinajstić information content (AvgIpc) is 3.16. The zero-order valence-electron chi connectivity index (χ0n) is 14.8. The van der Waals surface area contributed by atoms with Crippen LogP contribution in [0, 0.1) is 11.3 Å². The van der Waals surface area contributed by atoms with Gasteiger partial charge in [-0.05, 0) is 32.1 Å². The third-order valence-corrected chi connectivity index (χ3v) is 5.29. The number of nitrogens with one attached hydrogen (secondary N) is 2. The van der Waals surface area contributed by atoms with Crippen LogP contribution in [-0.4, -0.2) is 62.3 Å². The summed E-state index contributed by atoms with van der Waals surface area (Å²) in [5.74, 6) is 1.67. The summed E-state index contributed by atoms with van der Waals surface area (Å²) < 4.78 is 5.53. The van der Waals surface area contributed by atoms with Gasteiger partial charge in [-0.25, -0.2) is 0 Å². The molecule has 0 aromatic carbocycles. The average molecular weight is 436 g/mol. The summed E-state index contributed by atoms with van der Waals surface area (Å²) in [6, 6.07) is 1.38. The molecule has 5 nitrogen and oxygen atoms in total. The van der Waals surface area contributed by atoms with Crippen LogP contribution in [0.1, 0.15) is 40.0 Å². The van der Waals surface area contributed by atoms with Crippen molar-refractivity contribution in [2.45, 2.75) is 52.1 Å². The Morgan fingerprint density at radius 2 is 2.13 bits per heavy atom. The number of nitrogens with zero attached hydrogens (tertiary/aromatic N) is 2. The van der Waals surface area contributed by atoms with Gasteiger partial charge < -0.3 is 15.4 Å². The molecule has 1 aliphatic carbocycles. The van der Waals surface area contributed by atoms with Gasteiger partial charge in [0.15, 0.2) is 5.96 Å². The van der Waals surface area contributed by atoms with E-state index >= 15 is 0 Å². The first kappa shape index (κ1) is 19.2. The number of aliphatic imine (C=N–C) groups is 1. The molecule has 2 N–H and O–H groups in total. The summed E-state index contributed by atoms with van der Waals surface area (Å²) in [4.78, 5) is 7.50. The van der Waals surface area contributed by atoms with Gasteiger partial charge in [0, 0.05) is 43.7 Å². The molecule has 134 valence electrons. The largest absolute Gasteiger partial charge is 0.381 e. The molecule has 0 aromatic rings. The van der Waals surface area contributed by atoms with E-state index in [1.165, 1.54) is 19.4 Å². The van der Waals surface area contributed by atoms with Crippen molar-refractivity contribution < 1.29 is 4.74 Å². The number of hydrogen-bond acceptors (Lipinski definition) is 3. The third kappa shape index (κ3) is 5.19.